The fourth-order valence-corrected chi connectivity index (χ4v) is 2.45. The van der Waals surface area contributed by atoms with Gasteiger partial charge in [-0.1, -0.05) is 24.1 Å². The minimum Gasteiger partial charge on any atom is -0.330 e. The summed E-state index contributed by atoms with van der Waals surface area (Å²) in [7, 11) is 0. The van der Waals surface area contributed by atoms with Crippen molar-refractivity contribution in [2.45, 2.75) is 25.8 Å². The zero-order valence-electron chi connectivity index (χ0n) is 9.81. The molecule has 1 aromatic carbocycles. The molecule has 94 valence electrons. The van der Waals surface area contributed by atoms with Crippen molar-refractivity contribution in [3.8, 4) is 0 Å². The predicted molar refractivity (Wildman–Crippen MR) is 68.5 cm³/mol. The molecule has 0 heterocycles. The summed E-state index contributed by atoms with van der Waals surface area (Å²) in [6.45, 7) is 2.38. The minimum atomic E-state index is -0.368. The second-order valence-electron chi connectivity index (χ2n) is 4.91. The monoisotopic (exact) mass is 256 g/mol. The standard InChI is InChI=1S/C13H18ClFN2/c14-11-6-10(2-3-12(11)15)7-17-9-13(8-16)4-1-5-13/h2-3,6,17H,1,4-5,7-9,16H2. The van der Waals surface area contributed by atoms with Crippen molar-refractivity contribution in [3.05, 3.63) is 34.6 Å². The second kappa shape index (κ2) is 5.34. The van der Waals surface area contributed by atoms with Gasteiger partial charge in [-0.3, -0.25) is 0 Å². The van der Waals surface area contributed by atoms with Crippen molar-refractivity contribution in [1.29, 1.82) is 0 Å². The summed E-state index contributed by atoms with van der Waals surface area (Å²) < 4.78 is 13.0. The first kappa shape index (κ1) is 12.8. The molecule has 4 heteroatoms. The fraction of sp³-hybridized carbons (Fsp3) is 0.538. The summed E-state index contributed by atoms with van der Waals surface area (Å²) >= 11 is 5.73. The first-order valence-electron chi connectivity index (χ1n) is 6.00. The summed E-state index contributed by atoms with van der Waals surface area (Å²) in [5.74, 6) is -0.368. The van der Waals surface area contributed by atoms with Crippen LogP contribution in [-0.2, 0) is 6.54 Å². The Balaban J connectivity index is 1.83. The lowest BCUT2D eigenvalue weighted by molar-refractivity contribution is 0.141. The first-order valence-corrected chi connectivity index (χ1v) is 6.38. The van der Waals surface area contributed by atoms with Crippen LogP contribution in [0, 0.1) is 11.2 Å². The van der Waals surface area contributed by atoms with Gasteiger partial charge in [-0.05, 0) is 42.5 Å². The van der Waals surface area contributed by atoms with Crippen LogP contribution in [0.4, 0.5) is 4.39 Å². The SMILES string of the molecule is NCC1(CNCc2ccc(F)c(Cl)c2)CCC1. The average molecular weight is 257 g/mol. The number of nitrogens with two attached hydrogens (primary N) is 1. The number of hydrogen-bond acceptors (Lipinski definition) is 2. The van der Waals surface area contributed by atoms with E-state index in [-0.39, 0.29) is 10.8 Å². The molecular formula is C13H18ClFN2. The van der Waals surface area contributed by atoms with E-state index in [0.29, 0.717) is 12.0 Å². The van der Waals surface area contributed by atoms with Crippen LogP contribution >= 0.6 is 11.6 Å². The Labute approximate surface area is 106 Å². The number of rotatable bonds is 5. The van der Waals surface area contributed by atoms with Crippen LogP contribution in [0.2, 0.25) is 5.02 Å². The lowest BCUT2D eigenvalue weighted by atomic mass is 9.69. The van der Waals surface area contributed by atoms with Gasteiger partial charge in [0.05, 0.1) is 5.02 Å². The zero-order valence-corrected chi connectivity index (χ0v) is 10.6. The Bertz CT molecular complexity index is 385. The van der Waals surface area contributed by atoms with Crippen LogP contribution in [-0.4, -0.2) is 13.1 Å². The molecule has 1 aliphatic carbocycles. The van der Waals surface area contributed by atoms with Crippen LogP contribution in [0.25, 0.3) is 0 Å². The third-order valence-electron chi connectivity index (χ3n) is 3.66. The molecule has 0 bridgehead atoms. The summed E-state index contributed by atoms with van der Waals surface area (Å²) in [4.78, 5) is 0. The summed E-state index contributed by atoms with van der Waals surface area (Å²) in [6, 6.07) is 4.82. The summed E-state index contributed by atoms with van der Waals surface area (Å²) in [5.41, 5.74) is 7.08. The van der Waals surface area contributed by atoms with Crippen molar-refractivity contribution < 1.29 is 4.39 Å². The van der Waals surface area contributed by atoms with Crippen LogP contribution in [0.5, 0.6) is 0 Å². The van der Waals surface area contributed by atoms with E-state index in [1.165, 1.54) is 25.3 Å². The summed E-state index contributed by atoms with van der Waals surface area (Å²) in [5, 5.41) is 3.56. The van der Waals surface area contributed by atoms with Crippen LogP contribution in [0.15, 0.2) is 18.2 Å². The normalized spacial score (nSPS) is 17.8. The van der Waals surface area contributed by atoms with Gasteiger partial charge in [-0.25, -0.2) is 4.39 Å². The van der Waals surface area contributed by atoms with Gasteiger partial charge in [-0.2, -0.15) is 0 Å². The molecule has 0 amide bonds. The Hall–Kier alpha value is -0.640. The maximum absolute atomic E-state index is 13.0. The van der Waals surface area contributed by atoms with Gasteiger partial charge in [-0.15, -0.1) is 0 Å². The molecule has 2 rings (SSSR count). The largest absolute Gasteiger partial charge is 0.330 e. The van der Waals surface area contributed by atoms with E-state index in [2.05, 4.69) is 5.32 Å². The molecule has 17 heavy (non-hydrogen) atoms. The van der Waals surface area contributed by atoms with Gasteiger partial charge in [0.25, 0.3) is 0 Å². The smallest absolute Gasteiger partial charge is 0.141 e. The minimum absolute atomic E-state index is 0.182. The highest BCUT2D eigenvalue weighted by Crippen LogP contribution is 2.39. The van der Waals surface area contributed by atoms with E-state index in [4.69, 9.17) is 17.3 Å². The second-order valence-corrected chi connectivity index (χ2v) is 5.32. The van der Waals surface area contributed by atoms with Gasteiger partial charge < -0.3 is 11.1 Å². The number of halogens is 2. The Morgan fingerprint density at radius 3 is 2.71 bits per heavy atom. The Kier molecular flexibility index (Phi) is 4.02. The van der Waals surface area contributed by atoms with Gasteiger partial charge in [0.1, 0.15) is 5.82 Å². The lowest BCUT2D eigenvalue weighted by Gasteiger charge is -2.41. The van der Waals surface area contributed by atoms with E-state index in [9.17, 15) is 4.39 Å². The van der Waals surface area contributed by atoms with E-state index < -0.39 is 0 Å². The van der Waals surface area contributed by atoms with E-state index >= 15 is 0 Å². The average Bonchev–Trinajstić information content (AvgIpc) is 2.27. The molecule has 3 N–H and O–H groups in total. The topological polar surface area (TPSA) is 38.0 Å². The fourth-order valence-electron chi connectivity index (χ4n) is 2.25. The lowest BCUT2D eigenvalue weighted by Crippen LogP contribution is -2.45. The van der Waals surface area contributed by atoms with Gasteiger partial charge >= 0.3 is 0 Å². The third kappa shape index (κ3) is 2.97. The van der Waals surface area contributed by atoms with E-state index in [1.807, 2.05) is 0 Å². The Morgan fingerprint density at radius 2 is 2.18 bits per heavy atom. The molecule has 2 nitrogen and oxygen atoms in total. The first-order chi connectivity index (χ1) is 8.15. The molecule has 1 aromatic rings. The zero-order chi connectivity index (χ0) is 12.3. The van der Waals surface area contributed by atoms with Crippen LogP contribution < -0.4 is 11.1 Å². The van der Waals surface area contributed by atoms with Crippen molar-refractivity contribution in [1.82, 2.24) is 5.32 Å². The molecule has 1 aliphatic rings. The highest BCUT2D eigenvalue weighted by molar-refractivity contribution is 6.30. The molecule has 1 fully saturated rings. The molecule has 0 saturated heterocycles. The maximum Gasteiger partial charge on any atom is 0.141 e. The number of hydrogen-bond donors (Lipinski definition) is 2. The van der Waals surface area contributed by atoms with Crippen molar-refractivity contribution in [2.24, 2.45) is 11.1 Å². The molecule has 0 radical (unpaired) electrons. The molecule has 0 aliphatic heterocycles. The number of benzene rings is 1. The number of nitrogens with one attached hydrogen (secondary N) is 1. The van der Waals surface area contributed by atoms with Crippen LogP contribution in [0.1, 0.15) is 24.8 Å². The van der Waals surface area contributed by atoms with Crippen LogP contribution in [0.3, 0.4) is 0 Å². The van der Waals surface area contributed by atoms with E-state index in [1.54, 1.807) is 12.1 Å². The van der Waals surface area contributed by atoms with Gasteiger partial charge in [0.2, 0.25) is 0 Å². The quantitative estimate of drug-likeness (QED) is 0.850. The molecule has 0 unspecified atom stereocenters. The maximum atomic E-state index is 13.0. The van der Waals surface area contributed by atoms with E-state index in [0.717, 1.165) is 18.7 Å². The van der Waals surface area contributed by atoms with Gasteiger partial charge in [0.15, 0.2) is 0 Å². The molecule has 0 aromatic heterocycles. The molecule has 1 saturated carbocycles. The molecular weight excluding hydrogens is 239 g/mol. The van der Waals surface area contributed by atoms with Gasteiger partial charge in [0, 0.05) is 13.1 Å². The highest BCUT2D eigenvalue weighted by Gasteiger charge is 2.34. The third-order valence-corrected chi connectivity index (χ3v) is 3.95. The van der Waals surface area contributed by atoms with Crippen molar-refractivity contribution >= 4 is 11.6 Å². The van der Waals surface area contributed by atoms with Crippen molar-refractivity contribution in [3.63, 3.8) is 0 Å². The molecule has 0 spiro atoms. The predicted octanol–water partition coefficient (Wildman–Crippen LogP) is 2.70. The van der Waals surface area contributed by atoms with Crippen molar-refractivity contribution in [2.75, 3.05) is 13.1 Å². The Morgan fingerprint density at radius 1 is 1.41 bits per heavy atom. The highest BCUT2D eigenvalue weighted by atomic mass is 35.5. The summed E-state index contributed by atoms with van der Waals surface area (Å²) in [6.07, 6.45) is 3.70. The molecule has 0 atom stereocenters.